The molecule has 0 radical (unpaired) electrons. The Hall–Kier alpha value is -2.49. The SMILES string of the molecule is COC(=O)N(Cc1ccccc1)C1COc2ccccc21. The zero-order valence-electron chi connectivity index (χ0n) is 11.9. The Balaban J connectivity index is 1.89. The van der Waals surface area contributed by atoms with Crippen LogP contribution in [-0.2, 0) is 11.3 Å². The molecule has 2 aromatic carbocycles. The van der Waals surface area contributed by atoms with Crippen molar-refractivity contribution in [1.29, 1.82) is 0 Å². The average molecular weight is 283 g/mol. The van der Waals surface area contributed by atoms with Crippen LogP contribution in [0.3, 0.4) is 0 Å². The third-order valence-electron chi connectivity index (χ3n) is 3.66. The zero-order chi connectivity index (χ0) is 14.7. The van der Waals surface area contributed by atoms with Crippen LogP contribution < -0.4 is 4.74 Å². The molecule has 1 atom stereocenters. The fourth-order valence-electron chi connectivity index (χ4n) is 2.60. The number of ether oxygens (including phenoxy) is 2. The van der Waals surface area contributed by atoms with Gasteiger partial charge in [-0.25, -0.2) is 4.79 Å². The number of para-hydroxylation sites is 1. The number of rotatable bonds is 3. The first-order valence-corrected chi connectivity index (χ1v) is 6.90. The van der Waals surface area contributed by atoms with Gasteiger partial charge >= 0.3 is 6.09 Å². The Bertz CT molecular complexity index is 627. The molecule has 1 aliphatic rings. The Kier molecular flexibility index (Phi) is 3.77. The fourth-order valence-corrected chi connectivity index (χ4v) is 2.60. The van der Waals surface area contributed by atoms with Crippen LogP contribution in [0, 0.1) is 0 Å². The second-order valence-electron chi connectivity index (χ2n) is 4.95. The topological polar surface area (TPSA) is 38.8 Å². The van der Waals surface area contributed by atoms with Crippen molar-refractivity contribution >= 4 is 6.09 Å². The predicted octanol–water partition coefficient (Wildman–Crippen LogP) is 3.39. The minimum atomic E-state index is -0.343. The minimum Gasteiger partial charge on any atom is -0.491 e. The molecule has 3 rings (SSSR count). The molecule has 1 unspecified atom stereocenters. The lowest BCUT2D eigenvalue weighted by Gasteiger charge is -2.27. The van der Waals surface area contributed by atoms with Crippen molar-refractivity contribution < 1.29 is 14.3 Å². The Labute approximate surface area is 123 Å². The summed E-state index contributed by atoms with van der Waals surface area (Å²) >= 11 is 0. The normalized spacial score (nSPS) is 16.0. The maximum atomic E-state index is 12.2. The second-order valence-corrected chi connectivity index (χ2v) is 4.95. The Morgan fingerprint density at radius 3 is 2.67 bits per heavy atom. The van der Waals surface area contributed by atoms with Crippen molar-refractivity contribution in [2.75, 3.05) is 13.7 Å². The van der Waals surface area contributed by atoms with Gasteiger partial charge in [0.25, 0.3) is 0 Å². The molecular weight excluding hydrogens is 266 g/mol. The van der Waals surface area contributed by atoms with E-state index >= 15 is 0 Å². The summed E-state index contributed by atoms with van der Waals surface area (Å²) in [6.07, 6.45) is -0.343. The van der Waals surface area contributed by atoms with Crippen LogP contribution in [0.4, 0.5) is 4.79 Å². The first-order chi connectivity index (χ1) is 10.3. The lowest BCUT2D eigenvalue weighted by Crippen LogP contribution is -2.35. The highest BCUT2D eigenvalue weighted by atomic mass is 16.5. The lowest BCUT2D eigenvalue weighted by molar-refractivity contribution is 0.0934. The summed E-state index contributed by atoms with van der Waals surface area (Å²) in [6, 6.07) is 17.6. The number of amides is 1. The van der Waals surface area contributed by atoms with Crippen LogP contribution in [0.15, 0.2) is 54.6 Å². The number of methoxy groups -OCH3 is 1. The maximum absolute atomic E-state index is 12.2. The van der Waals surface area contributed by atoms with Crippen molar-refractivity contribution in [3.05, 3.63) is 65.7 Å². The molecular formula is C17H17NO3. The van der Waals surface area contributed by atoms with E-state index in [4.69, 9.17) is 9.47 Å². The van der Waals surface area contributed by atoms with Crippen molar-refractivity contribution in [2.24, 2.45) is 0 Å². The van der Waals surface area contributed by atoms with Crippen molar-refractivity contribution in [2.45, 2.75) is 12.6 Å². The van der Waals surface area contributed by atoms with E-state index in [2.05, 4.69) is 0 Å². The summed E-state index contributed by atoms with van der Waals surface area (Å²) < 4.78 is 10.6. The van der Waals surface area contributed by atoms with Crippen LogP contribution in [-0.4, -0.2) is 24.7 Å². The van der Waals surface area contributed by atoms with Crippen LogP contribution in [0.2, 0.25) is 0 Å². The number of hydrogen-bond donors (Lipinski definition) is 0. The van der Waals surface area contributed by atoms with E-state index in [0.717, 1.165) is 16.9 Å². The van der Waals surface area contributed by atoms with E-state index in [-0.39, 0.29) is 12.1 Å². The third-order valence-corrected chi connectivity index (χ3v) is 3.66. The van der Waals surface area contributed by atoms with Gasteiger partial charge < -0.3 is 9.47 Å². The predicted molar refractivity (Wildman–Crippen MR) is 79.1 cm³/mol. The van der Waals surface area contributed by atoms with Gasteiger partial charge in [-0.3, -0.25) is 4.90 Å². The van der Waals surface area contributed by atoms with Crippen molar-refractivity contribution in [1.82, 2.24) is 4.90 Å². The highest BCUT2D eigenvalue weighted by molar-refractivity contribution is 5.68. The molecule has 0 fully saturated rings. The highest BCUT2D eigenvalue weighted by Crippen LogP contribution is 2.36. The van der Waals surface area contributed by atoms with Crippen LogP contribution >= 0.6 is 0 Å². The van der Waals surface area contributed by atoms with Gasteiger partial charge in [0.2, 0.25) is 0 Å². The molecule has 0 saturated heterocycles. The smallest absolute Gasteiger partial charge is 0.410 e. The number of nitrogens with zero attached hydrogens (tertiary/aromatic N) is 1. The van der Waals surface area contributed by atoms with Gasteiger partial charge in [-0.15, -0.1) is 0 Å². The standard InChI is InChI=1S/C17H17NO3/c1-20-17(19)18(11-13-7-3-2-4-8-13)15-12-21-16-10-6-5-9-14(15)16/h2-10,15H,11-12H2,1H3. The summed E-state index contributed by atoms with van der Waals surface area (Å²) in [5.41, 5.74) is 2.09. The zero-order valence-corrected chi connectivity index (χ0v) is 11.9. The number of fused-ring (bicyclic) bond motifs is 1. The van der Waals surface area contributed by atoms with Gasteiger partial charge in [0.05, 0.1) is 13.2 Å². The molecule has 108 valence electrons. The summed E-state index contributed by atoms with van der Waals surface area (Å²) in [4.78, 5) is 13.9. The molecule has 1 amide bonds. The van der Waals surface area contributed by atoms with Gasteiger partial charge in [-0.1, -0.05) is 48.5 Å². The fraction of sp³-hybridized carbons (Fsp3) is 0.235. The lowest BCUT2D eigenvalue weighted by atomic mass is 10.1. The Morgan fingerprint density at radius 1 is 1.19 bits per heavy atom. The first-order valence-electron chi connectivity index (χ1n) is 6.90. The Morgan fingerprint density at radius 2 is 1.90 bits per heavy atom. The maximum Gasteiger partial charge on any atom is 0.410 e. The molecule has 1 aliphatic heterocycles. The van der Waals surface area contributed by atoms with Crippen molar-refractivity contribution in [3.63, 3.8) is 0 Å². The van der Waals surface area contributed by atoms with E-state index in [0.29, 0.717) is 13.2 Å². The van der Waals surface area contributed by atoms with Crippen LogP contribution in [0.1, 0.15) is 17.2 Å². The molecule has 0 saturated carbocycles. The number of benzene rings is 2. The van der Waals surface area contributed by atoms with Gasteiger partial charge in [0.1, 0.15) is 12.4 Å². The third kappa shape index (κ3) is 2.70. The molecule has 21 heavy (non-hydrogen) atoms. The molecule has 0 bridgehead atoms. The second kappa shape index (κ2) is 5.87. The molecule has 0 aliphatic carbocycles. The van der Waals surface area contributed by atoms with Gasteiger partial charge in [0, 0.05) is 12.1 Å². The molecule has 0 spiro atoms. The van der Waals surface area contributed by atoms with Crippen LogP contribution in [0.5, 0.6) is 5.75 Å². The van der Waals surface area contributed by atoms with Gasteiger partial charge in [-0.05, 0) is 11.6 Å². The molecule has 4 nitrogen and oxygen atoms in total. The van der Waals surface area contributed by atoms with Gasteiger partial charge in [0.15, 0.2) is 0 Å². The highest BCUT2D eigenvalue weighted by Gasteiger charge is 2.32. The average Bonchev–Trinajstić information content (AvgIpc) is 2.97. The molecule has 2 aromatic rings. The minimum absolute atomic E-state index is 0.117. The summed E-state index contributed by atoms with van der Waals surface area (Å²) in [7, 11) is 1.40. The number of hydrogen-bond acceptors (Lipinski definition) is 3. The number of carbonyl (C=O) groups is 1. The quantitative estimate of drug-likeness (QED) is 0.866. The first kappa shape index (κ1) is 13.5. The molecule has 1 heterocycles. The largest absolute Gasteiger partial charge is 0.491 e. The summed E-state index contributed by atoms with van der Waals surface area (Å²) in [5, 5.41) is 0. The summed E-state index contributed by atoms with van der Waals surface area (Å²) in [6.45, 7) is 0.956. The van der Waals surface area contributed by atoms with E-state index in [1.807, 2.05) is 54.6 Å². The monoisotopic (exact) mass is 283 g/mol. The van der Waals surface area contributed by atoms with E-state index in [1.54, 1.807) is 4.90 Å². The summed E-state index contributed by atoms with van der Waals surface area (Å²) in [5.74, 6) is 0.837. The van der Waals surface area contributed by atoms with E-state index in [1.165, 1.54) is 7.11 Å². The molecule has 4 heteroatoms. The van der Waals surface area contributed by atoms with Crippen molar-refractivity contribution in [3.8, 4) is 5.75 Å². The van der Waals surface area contributed by atoms with Gasteiger partial charge in [-0.2, -0.15) is 0 Å². The van der Waals surface area contributed by atoms with E-state index in [9.17, 15) is 4.79 Å². The molecule has 0 N–H and O–H groups in total. The van der Waals surface area contributed by atoms with Crippen LogP contribution in [0.25, 0.3) is 0 Å². The number of carbonyl (C=O) groups excluding carboxylic acids is 1. The van der Waals surface area contributed by atoms with E-state index < -0.39 is 0 Å². The molecule has 0 aromatic heterocycles.